The molecule has 3 rings (SSSR count). The maximum Gasteiger partial charge on any atom is 0.223 e. The number of nitrogens with zero attached hydrogens (tertiary/aromatic N) is 1. The standard InChI is InChI=1S/C17H23ClN2O3S/c1-2-24(22,23)20-8-6-14(7-9-20)19-17(21)16-11-15(16)12-4-3-5-13(18)10-12/h3-5,10,14-16H,2,6-9,11H2,1H3,(H,19,21)/t15-,16+/m0/s1. The first-order valence-electron chi connectivity index (χ1n) is 8.44. The number of carbonyl (C=O) groups is 1. The van der Waals surface area contributed by atoms with Crippen molar-refractivity contribution in [2.75, 3.05) is 18.8 Å². The third kappa shape index (κ3) is 3.92. The van der Waals surface area contributed by atoms with Crippen molar-refractivity contribution in [2.45, 2.75) is 38.1 Å². The molecular formula is C17H23ClN2O3S. The molecule has 1 aromatic rings. The number of hydrogen-bond donors (Lipinski definition) is 1. The molecule has 1 aliphatic carbocycles. The van der Waals surface area contributed by atoms with Crippen LogP contribution in [0.25, 0.3) is 0 Å². The Morgan fingerprint density at radius 2 is 2.04 bits per heavy atom. The smallest absolute Gasteiger partial charge is 0.223 e. The number of halogens is 1. The minimum atomic E-state index is -3.12. The van der Waals surface area contributed by atoms with Crippen molar-refractivity contribution in [2.24, 2.45) is 5.92 Å². The Kier molecular flexibility index (Phi) is 5.18. The van der Waals surface area contributed by atoms with Gasteiger partial charge < -0.3 is 5.32 Å². The Bertz CT molecular complexity index is 714. The Balaban J connectivity index is 1.49. The topological polar surface area (TPSA) is 66.5 Å². The van der Waals surface area contributed by atoms with Crippen LogP contribution in [0.5, 0.6) is 0 Å². The number of benzene rings is 1. The van der Waals surface area contributed by atoms with Gasteiger partial charge in [-0.2, -0.15) is 0 Å². The van der Waals surface area contributed by atoms with Crippen molar-refractivity contribution >= 4 is 27.5 Å². The summed E-state index contributed by atoms with van der Waals surface area (Å²) >= 11 is 6.01. The van der Waals surface area contributed by atoms with E-state index in [-0.39, 0.29) is 29.5 Å². The highest BCUT2D eigenvalue weighted by molar-refractivity contribution is 7.89. The van der Waals surface area contributed by atoms with Gasteiger partial charge in [-0.25, -0.2) is 12.7 Å². The predicted molar refractivity (Wildman–Crippen MR) is 94.5 cm³/mol. The third-order valence-electron chi connectivity index (χ3n) is 4.96. The second-order valence-corrected chi connectivity index (χ2v) is 9.28. The molecule has 1 saturated heterocycles. The van der Waals surface area contributed by atoms with Crippen LogP contribution in [0.2, 0.25) is 5.02 Å². The molecule has 0 aromatic heterocycles. The van der Waals surface area contributed by atoms with Gasteiger partial charge in [-0.15, -0.1) is 0 Å². The lowest BCUT2D eigenvalue weighted by Crippen LogP contribution is -2.47. The second kappa shape index (κ2) is 7.02. The number of sulfonamides is 1. The van der Waals surface area contributed by atoms with Crippen LogP contribution in [0.1, 0.15) is 37.7 Å². The van der Waals surface area contributed by atoms with E-state index in [9.17, 15) is 13.2 Å². The predicted octanol–water partition coefficient (Wildman–Crippen LogP) is 2.37. The van der Waals surface area contributed by atoms with Gasteiger partial charge >= 0.3 is 0 Å². The highest BCUT2D eigenvalue weighted by Crippen LogP contribution is 2.48. The van der Waals surface area contributed by atoms with Gasteiger partial charge in [0.1, 0.15) is 0 Å². The highest BCUT2D eigenvalue weighted by Gasteiger charge is 2.44. The van der Waals surface area contributed by atoms with E-state index >= 15 is 0 Å². The molecule has 2 atom stereocenters. The minimum absolute atomic E-state index is 0.0147. The van der Waals surface area contributed by atoms with E-state index in [1.165, 1.54) is 4.31 Å². The van der Waals surface area contributed by atoms with Crippen LogP contribution in [0, 0.1) is 5.92 Å². The van der Waals surface area contributed by atoms with Crippen molar-refractivity contribution in [1.82, 2.24) is 9.62 Å². The molecule has 24 heavy (non-hydrogen) atoms. The van der Waals surface area contributed by atoms with Crippen LogP contribution in [-0.4, -0.2) is 43.5 Å². The largest absolute Gasteiger partial charge is 0.353 e. The summed E-state index contributed by atoms with van der Waals surface area (Å²) in [5.74, 6) is 0.481. The number of amides is 1. The van der Waals surface area contributed by atoms with Crippen LogP contribution in [0.4, 0.5) is 0 Å². The lowest BCUT2D eigenvalue weighted by molar-refractivity contribution is -0.123. The fraction of sp³-hybridized carbons (Fsp3) is 0.588. The van der Waals surface area contributed by atoms with E-state index in [2.05, 4.69) is 5.32 Å². The van der Waals surface area contributed by atoms with E-state index in [0.717, 1.165) is 12.0 Å². The molecular weight excluding hydrogens is 348 g/mol. The summed E-state index contributed by atoms with van der Waals surface area (Å²) in [6, 6.07) is 7.75. The first-order chi connectivity index (χ1) is 11.4. The van der Waals surface area contributed by atoms with Gasteiger partial charge in [0.2, 0.25) is 15.9 Å². The van der Waals surface area contributed by atoms with Gasteiger partial charge in [0.05, 0.1) is 5.75 Å². The lowest BCUT2D eigenvalue weighted by Gasteiger charge is -2.31. The van der Waals surface area contributed by atoms with Gasteiger partial charge in [-0.05, 0) is 49.8 Å². The zero-order valence-electron chi connectivity index (χ0n) is 13.7. The molecule has 1 heterocycles. The average Bonchev–Trinajstić information content (AvgIpc) is 3.36. The molecule has 1 N–H and O–H groups in total. The number of hydrogen-bond acceptors (Lipinski definition) is 3. The molecule has 2 fully saturated rings. The van der Waals surface area contributed by atoms with Gasteiger partial charge in [-0.1, -0.05) is 23.7 Å². The van der Waals surface area contributed by atoms with Crippen LogP contribution >= 0.6 is 11.6 Å². The summed E-state index contributed by atoms with van der Waals surface area (Å²) < 4.78 is 25.2. The molecule has 1 amide bonds. The van der Waals surface area contributed by atoms with Gasteiger partial charge in [-0.3, -0.25) is 4.79 Å². The number of nitrogens with one attached hydrogen (secondary N) is 1. The zero-order chi connectivity index (χ0) is 17.3. The van der Waals surface area contributed by atoms with E-state index in [4.69, 9.17) is 11.6 Å². The molecule has 5 nitrogen and oxygen atoms in total. The number of carbonyl (C=O) groups excluding carboxylic acids is 1. The quantitative estimate of drug-likeness (QED) is 0.865. The van der Waals surface area contributed by atoms with E-state index < -0.39 is 10.0 Å². The van der Waals surface area contributed by atoms with E-state index in [0.29, 0.717) is 31.0 Å². The monoisotopic (exact) mass is 370 g/mol. The normalized spacial score (nSPS) is 25.4. The fourth-order valence-corrected chi connectivity index (χ4v) is 4.69. The molecule has 1 saturated carbocycles. The average molecular weight is 371 g/mol. The Hall–Kier alpha value is -1.11. The molecule has 2 aliphatic rings. The van der Waals surface area contributed by atoms with Crippen molar-refractivity contribution in [3.05, 3.63) is 34.9 Å². The summed E-state index contributed by atoms with van der Waals surface area (Å²) in [5.41, 5.74) is 1.12. The summed E-state index contributed by atoms with van der Waals surface area (Å²) in [6.07, 6.45) is 2.22. The first-order valence-corrected chi connectivity index (χ1v) is 10.4. The second-order valence-electron chi connectivity index (χ2n) is 6.59. The van der Waals surface area contributed by atoms with Crippen molar-refractivity contribution < 1.29 is 13.2 Å². The van der Waals surface area contributed by atoms with Crippen LogP contribution < -0.4 is 5.32 Å². The molecule has 132 valence electrons. The van der Waals surface area contributed by atoms with Crippen LogP contribution in [0.15, 0.2) is 24.3 Å². The Labute approximate surface area is 148 Å². The zero-order valence-corrected chi connectivity index (χ0v) is 15.3. The van der Waals surface area contributed by atoms with E-state index in [1.807, 2.05) is 24.3 Å². The van der Waals surface area contributed by atoms with Crippen molar-refractivity contribution in [3.63, 3.8) is 0 Å². The SMILES string of the molecule is CCS(=O)(=O)N1CCC(NC(=O)[C@@H]2C[C@H]2c2cccc(Cl)c2)CC1. The molecule has 1 aliphatic heterocycles. The number of rotatable bonds is 5. The van der Waals surface area contributed by atoms with Gasteiger partial charge in [0.15, 0.2) is 0 Å². The first kappa shape index (κ1) is 17.7. The maximum absolute atomic E-state index is 12.4. The highest BCUT2D eigenvalue weighted by atomic mass is 35.5. The molecule has 0 spiro atoms. The molecule has 0 radical (unpaired) electrons. The Morgan fingerprint density at radius 1 is 1.33 bits per heavy atom. The number of piperidine rings is 1. The van der Waals surface area contributed by atoms with Crippen molar-refractivity contribution in [3.8, 4) is 0 Å². The fourth-order valence-electron chi connectivity index (χ4n) is 3.36. The van der Waals surface area contributed by atoms with Gasteiger partial charge in [0, 0.05) is 30.1 Å². The summed E-state index contributed by atoms with van der Waals surface area (Å²) in [4.78, 5) is 12.4. The maximum atomic E-state index is 12.4. The molecule has 0 bridgehead atoms. The van der Waals surface area contributed by atoms with Crippen molar-refractivity contribution in [1.29, 1.82) is 0 Å². The summed E-state index contributed by atoms with van der Waals surface area (Å²) in [5, 5.41) is 3.79. The summed E-state index contributed by atoms with van der Waals surface area (Å²) in [7, 11) is -3.12. The minimum Gasteiger partial charge on any atom is -0.353 e. The van der Waals surface area contributed by atoms with Gasteiger partial charge in [0.25, 0.3) is 0 Å². The van der Waals surface area contributed by atoms with Crippen LogP contribution in [0.3, 0.4) is 0 Å². The van der Waals surface area contributed by atoms with E-state index in [1.54, 1.807) is 6.92 Å². The third-order valence-corrected chi connectivity index (χ3v) is 7.08. The molecule has 1 aromatic carbocycles. The summed E-state index contributed by atoms with van der Waals surface area (Å²) in [6.45, 7) is 2.64. The Morgan fingerprint density at radius 3 is 2.67 bits per heavy atom. The lowest BCUT2D eigenvalue weighted by atomic mass is 10.1. The molecule has 0 unspecified atom stereocenters. The molecule has 7 heteroatoms. The van der Waals surface area contributed by atoms with Crippen LogP contribution in [-0.2, 0) is 14.8 Å².